The first-order valence-corrected chi connectivity index (χ1v) is 19.9. The first-order chi connectivity index (χ1) is 23.0. The van der Waals surface area contributed by atoms with E-state index in [1.165, 1.54) is 0 Å². The summed E-state index contributed by atoms with van der Waals surface area (Å²) in [6.45, 7) is 7.39. The standard InChI is InChI=1S/C37H45FN4O5Si/c1-25-33(48(3,4)38)32(16-21-43)47-37(25)30-22-29(46-2)14-15-31(30)40(35(37)45)23-26-10-12-27(13-11-26)41-24-42(28-8-6-5-7-9-28)36(34(41)44)17-19-39-20-18-36/h5-15,22,25,32-33,39,43H,16-21,23-24H2,1-4H3/t25-,32+,33-,37+/m1/s1. The van der Waals surface area contributed by atoms with Crippen LogP contribution in [0, 0.1) is 5.92 Å². The number of piperidine rings is 1. The molecule has 0 bridgehead atoms. The lowest BCUT2D eigenvalue weighted by atomic mass is 9.82. The Hall–Kier alpha value is -3.77. The molecule has 2 N–H and O–H groups in total. The quantitative estimate of drug-likeness (QED) is 0.247. The highest BCUT2D eigenvalue weighted by atomic mass is 28.4. The molecule has 3 aromatic rings. The number of methoxy groups -OCH3 is 1. The maximum absolute atomic E-state index is 15.9. The summed E-state index contributed by atoms with van der Waals surface area (Å²) in [4.78, 5) is 34.6. The van der Waals surface area contributed by atoms with Gasteiger partial charge in [-0.05, 0) is 93.5 Å². The molecule has 3 fully saturated rings. The van der Waals surface area contributed by atoms with Crippen molar-refractivity contribution in [1.29, 1.82) is 0 Å². The van der Waals surface area contributed by atoms with Crippen molar-refractivity contribution in [2.75, 3.05) is 48.2 Å². The van der Waals surface area contributed by atoms with Crippen molar-refractivity contribution in [3.63, 3.8) is 0 Å². The molecule has 2 amide bonds. The van der Waals surface area contributed by atoms with Crippen LogP contribution in [0.5, 0.6) is 5.75 Å². The average Bonchev–Trinajstić information content (AvgIpc) is 3.63. The molecule has 3 saturated heterocycles. The Morgan fingerprint density at radius 3 is 2.35 bits per heavy atom. The zero-order valence-electron chi connectivity index (χ0n) is 28.1. The molecular weight excluding hydrogens is 628 g/mol. The fourth-order valence-corrected chi connectivity index (χ4v) is 11.4. The van der Waals surface area contributed by atoms with Crippen molar-refractivity contribution < 1.29 is 28.3 Å². The fourth-order valence-electron chi connectivity index (χ4n) is 8.84. The number of fused-ring (bicyclic) bond motifs is 2. The van der Waals surface area contributed by atoms with Gasteiger partial charge in [0.25, 0.3) is 11.8 Å². The molecule has 2 spiro atoms. The normalized spacial score (nSPS) is 26.6. The van der Waals surface area contributed by atoms with Crippen LogP contribution in [0.1, 0.15) is 37.3 Å². The summed E-state index contributed by atoms with van der Waals surface area (Å²) >= 11 is 0. The summed E-state index contributed by atoms with van der Waals surface area (Å²) in [5.41, 5.74) is 1.69. The summed E-state index contributed by atoms with van der Waals surface area (Å²) in [5, 5.41) is 13.3. The number of anilines is 3. The van der Waals surface area contributed by atoms with Crippen LogP contribution in [-0.2, 0) is 26.5 Å². The molecule has 0 aromatic heterocycles. The van der Waals surface area contributed by atoms with Crippen LogP contribution in [0.2, 0.25) is 18.6 Å². The van der Waals surface area contributed by atoms with Gasteiger partial charge >= 0.3 is 0 Å². The predicted molar refractivity (Wildman–Crippen MR) is 186 cm³/mol. The number of hydrogen-bond acceptors (Lipinski definition) is 7. The fraction of sp³-hybridized carbons (Fsp3) is 0.459. The van der Waals surface area contributed by atoms with E-state index in [0.29, 0.717) is 23.7 Å². The lowest BCUT2D eigenvalue weighted by Crippen LogP contribution is -2.55. The molecule has 3 aromatic carbocycles. The number of nitrogens with one attached hydrogen (secondary N) is 1. The highest BCUT2D eigenvalue weighted by molar-refractivity contribution is 6.72. The maximum Gasteiger partial charge on any atom is 0.264 e. The van der Waals surface area contributed by atoms with Crippen LogP contribution in [0.3, 0.4) is 0 Å². The second kappa shape index (κ2) is 12.3. The van der Waals surface area contributed by atoms with Gasteiger partial charge < -0.3 is 33.8 Å². The number of aliphatic hydroxyl groups is 1. The highest BCUT2D eigenvalue weighted by Gasteiger charge is 2.66. The molecule has 0 saturated carbocycles. The molecule has 4 aliphatic heterocycles. The average molecular weight is 673 g/mol. The monoisotopic (exact) mass is 672 g/mol. The Balaban J connectivity index is 1.19. The zero-order valence-corrected chi connectivity index (χ0v) is 29.1. The number of para-hydroxylation sites is 1. The Bertz CT molecular complexity index is 1680. The number of hydrogen-bond donors (Lipinski definition) is 2. The molecule has 0 radical (unpaired) electrons. The van der Waals surface area contributed by atoms with Gasteiger partial charge in [-0.25, -0.2) is 0 Å². The molecule has 7 rings (SSSR count). The van der Waals surface area contributed by atoms with Crippen LogP contribution >= 0.6 is 0 Å². The van der Waals surface area contributed by atoms with Gasteiger partial charge in [0.15, 0.2) is 5.60 Å². The Kier molecular flexibility index (Phi) is 8.38. The minimum atomic E-state index is -3.29. The van der Waals surface area contributed by atoms with E-state index < -0.39 is 37.1 Å². The number of carbonyl (C=O) groups excluding carboxylic acids is 2. The van der Waals surface area contributed by atoms with Gasteiger partial charge in [0.05, 0.1) is 32.1 Å². The Morgan fingerprint density at radius 2 is 1.71 bits per heavy atom. The molecule has 11 heteroatoms. The number of halogens is 1. The second-order valence-corrected chi connectivity index (χ2v) is 17.9. The van der Waals surface area contributed by atoms with Crippen LogP contribution in [-0.4, -0.2) is 70.4 Å². The third-order valence-electron chi connectivity index (χ3n) is 11.1. The van der Waals surface area contributed by atoms with Crippen molar-refractivity contribution in [2.24, 2.45) is 5.92 Å². The molecule has 0 aliphatic carbocycles. The van der Waals surface area contributed by atoms with Gasteiger partial charge in [-0.15, -0.1) is 0 Å². The number of rotatable bonds is 8. The molecule has 4 atom stereocenters. The van der Waals surface area contributed by atoms with E-state index in [0.717, 1.165) is 42.9 Å². The lowest BCUT2D eigenvalue weighted by Gasteiger charge is -2.39. The highest BCUT2D eigenvalue weighted by Crippen LogP contribution is 2.60. The van der Waals surface area contributed by atoms with E-state index in [1.54, 1.807) is 25.1 Å². The van der Waals surface area contributed by atoms with Gasteiger partial charge in [-0.3, -0.25) is 14.5 Å². The second-order valence-electron chi connectivity index (χ2n) is 14.1. The number of amides is 2. The van der Waals surface area contributed by atoms with E-state index in [4.69, 9.17) is 9.47 Å². The summed E-state index contributed by atoms with van der Waals surface area (Å²) in [5.74, 6) is 0.0293. The van der Waals surface area contributed by atoms with Crippen molar-refractivity contribution in [2.45, 2.75) is 68.6 Å². The van der Waals surface area contributed by atoms with E-state index in [-0.39, 0.29) is 31.4 Å². The molecule has 48 heavy (non-hydrogen) atoms. The minimum absolute atomic E-state index is 0.110. The summed E-state index contributed by atoms with van der Waals surface area (Å²) in [6.07, 6.45) is 1.16. The number of ether oxygens (including phenoxy) is 2. The van der Waals surface area contributed by atoms with E-state index in [2.05, 4.69) is 22.3 Å². The van der Waals surface area contributed by atoms with E-state index >= 15 is 4.11 Å². The van der Waals surface area contributed by atoms with Crippen molar-refractivity contribution >= 4 is 37.3 Å². The predicted octanol–water partition coefficient (Wildman–Crippen LogP) is 5.33. The minimum Gasteiger partial charge on any atom is -0.497 e. The SMILES string of the molecule is COc1ccc2c(c1)[C@]1(O[C@@H](CCO)[C@H]([Si](C)(C)F)[C@H]1C)C(=O)N2Cc1ccc(N2CN(c3ccccc3)C3(CCNCC3)C2=O)cc1. The smallest absolute Gasteiger partial charge is 0.264 e. The van der Waals surface area contributed by atoms with Crippen LogP contribution in [0.4, 0.5) is 21.2 Å². The zero-order chi connectivity index (χ0) is 33.8. The molecule has 4 aliphatic rings. The largest absolute Gasteiger partial charge is 0.497 e. The first kappa shape index (κ1) is 32.8. The third-order valence-corrected chi connectivity index (χ3v) is 13.6. The van der Waals surface area contributed by atoms with Gasteiger partial charge in [0, 0.05) is 35.0 Å². The number of nitrogens with zero attached hydrogens (tertiary/aromatic N) is 3. The lowest BCUT2D eigenvalue weighted by molar-refractivity contribution is -0.146. The van der Waals surface area contributed by atoms with Crippen molar-refractivity contribution in [3.8, 4) is 5.75 Å². The molecule has 9 nitrogen and oxygen atoms in total. The number of aliphatic hydroxyl groups excluding tert-OH is 1. The van der Waals surface area contributed by atoms with E-state index in [9.17, 15) is 14.7 Å². The van der Waals surface area contributed by atoms with Gasteiger partial charge in [-0.2, -0.15) is 0 Å². The van der Waals surface area contributed by atoms with Gasteiger partial charge in [0.1, 0.15) is 11.3 Å². The molecule has 254 valence electrons. The first-order valence-electron chi connectivity index (χ1n) is 17.0. The summed E-state index contributed by atoms with van der Waals surface area (Å²) in [7, 11) is -1.71. The van der Waals surface area contributed by atoms with E-state index in [1.807, 2.05) is 72.5 Å². The van der Waals surface area contributed by atoms with Crippen LogP contribution in [0.25, 0.3) is 0 Å². The third kappa shape index (κ3) is 5.05. The van der Waals surface area contributed by atoms with Crippen LogP contribution < -0.4 is 24.8 Å². The number of benzene rings is 3. The topological polar surface area (TPSA) is 94.6 Å². The molecule has 4 heterocycles. The Morgan fingerprint density at radius 1 is 1.00 bits per heavy atom. The maximum atomic E-state index is 15.9. The summed E-state index contributed by atoms with van der Waals surface area (Å²) < 4.78 is 28.1. The van der Waals surface area contributed by atoms with Gasteiger partial charge in [-0.1, -0.05) is 37.3 Å². The van der Waals surface area contributed by atoms with Crippen LogP contribution in [0.15, 0.2) is 72.8 Å². The summed E-state index contributed by atoms with van der Waals surface area (Å²) in [6, 6.07) is 23.5. The van der Waals surface area contributed by atoms with Crippen molar-refractivity contribution in [1.82, 2.24) is 5.32 Å². The van der Waals surface area contributed by atoms with Crippen molar-refractivity contribution in [3.05, 3.63) is 83.9 Å². The Labute approximate surface area is 282 Å². The molecule has 0 unspecified atom stereocenters. The number of carbonyl (C=O) groups is 2. The molecular formula is C37H45FN4O5Si. The van der Waals surface area contributed by atoms with Gasteiger partial charge in [0.2, 0.25) is 8.41 Å².